The molecule has 0 bridgehead atoms. The first-order valence-corrected chi connectivity index (χ1v) is 6.73. The Morgan fingerprint density at radius 3 is 2.16 bits per heavy atom. The van der Waals surface area contributed by atoms with Crippen molar-refractivity contribution in [1.82, 2.24) is 9.78 Å². The van der Waals surface area contributed by atoms with Crippen LogP contribution < -0.4 is 0 Å². The molecule has 2 rings (SSSR count). The molecule has 0 radical (unpaired) electrons. The molecule has 0 atom stereocenters. The van der Waals surface area contributed by atoms with Gasteiger partial charge in [-0.15, -0.1) is 0 Å². The second-order valence-corrected chi connectivity index (χ2v) is 6.00. The molecule has 0 saturated heterocycles. The monoisotopic (exact) mass is 258 g/mol. The predicted molar refractivity (Wildman–Crippen MR) is 78.0 cm³/mol. The van der Waals surface area contributed by atoms with E-state index in [4.69, 9.17) is 0 Å². The SMILES string of the molecule is CCc1c(C(C)(C)C)nn(-c2ccc(C)cc2)c1O. The van der Waals surface area contributed by atoms with E-state index < -0.39 is 0 Å². The highest BCUT2D eigenvalue weighted by atomic mass is 16.3. The van der Waals surface area contributed by atoms with Crippen molar-refractivity contribution < 1.29 is 5.11 Å². The fraction of sp³-hybridized carbons (Fsp3) is 0.438. The Bertz CT molecular complexity index is 574. The van der Waals surface area contributed by atoms with Crippen molar-refractivity contribution in [3.63, 3.8) is 0 Å². The van der Waals surface area contributed by atoms with Crippen molar-refractivity contribution in [3.8, 4) is 11.6 Å². The summed E-state index contributed by atoms with van der Waals surface area (Å²) in [5, 5.41) is 15.0. The van der Waals surface area contributed by atoms with Crippen LogP contribution in [0.15, 0.2) is 24.3 Å². The molecule has 0 aliphatic rings. The third-order valence-electron chi connectivity index (χ3n) is 3.30. The highest BCUT2D eigenvalue weighted by Gasteiger charge is 2.26. The molecule has 3 nitrogen and oxygen atoms in total. The molecule has 0 spiro atoms. The van der Waals surface area contributed by atoms with E-state index in [0.29, 0.717) is 0 Å². The van der Waals surface area contributed by atoms with Gasteiger partial charge in [0.05, 0.1) is 11.4 Å². The fourth-order valence-electron chi connectivity index (χ4n) is 2.24. The van der Waals surface area contributed by atoms with Crippen LogP contribution in [0, 0.1) is 6.92 Å². The standard InChI is InChI=1S/C16H22N2O/c1-6-13-14(16(3,4)5)17-18(15(13)19)12-9-7-11(2)8-10-12/h7-10,19H,6H2,1-5H3. The van der Waals surface area contributed by atoms with Crippen molar-refractivity contribution >= 4 is 0 Å². The summed E-state index contributed by atoms with van der Waals surface area (Å²) in [5.74, 6) is 0.260. The van der Waals surface area contributed by atoms with Crippen LogP contribution in [-0.4, -0.2) is 14.9 Å². The molecule has 1 aromatic heterocycles. The Hall–Kier alpha value is -1.77. The average molecular weight is 258 g/mol. The molecule has 1 heterocycles. The lowest BCUT2D eigenvalue weighted by molar-refractivity contribution is 0.428. The summed E-state index contributed by atoms with van der Waals surface area (Å²) in [6.07, 6.45) is 0.782. The van der Waals surface area contributed by atoms with E-state index in [-0.39, 0.29) is 11.3 Å². The Labute approximate surface area is 114 Å². The van der Waals surface area contributed by atoms with Gasteiger partial charge in [0.25, 0.3) is 0 Å². The summed E-state index contributed by atoms with van der Waals surface area (Å²) in [7, 11) is 0. The van der Waals surface area contributed by atoms with E-state index in [9.17, 15) is 5.11 Å². The normalized spacial score (nSPS) is 11.8. The van der Waals surface area contributed by atoms with E-state index >= 15 is 0 Å². The van der Waals surface area contributed by atoms with Gasteiger partial charge in [-0.25, -0.2) is 4.68 Å². The second kappa shape index (κ2) is 4.72. The molecule has 0 unspecified atom stereocenters. The number of nitrogens with zero attached hydrogens (tertiary/aromatic N) is 2. The largest absolute Gasteiger partial charge is 0.493 e. The van der Waals surface area contributed by atoms with Crippen molar-refractivity contribution in [1.29, 1.82) is 0 Å². The third kappa shape index (κ3) is 2.50. The highest BCUT2D eigenvalue weighted by molar-refractivity contribution is 5.43. The Balaban J connectivity index is 2.59. The maximum Gasteiger partial charge on any atom is 0.217 e. The van der Waals surface area contributed by atoms with Gasteiger partial charge >= 0.3 is 0 Å². The Morgan fingerprint density at radius 1 is 1.16 bits per heavy atom. The molecular formula is C16H22N2O. The quantitative estimate of drug-likeness (QED) is 0.891. The van der Waals surface area contributed by atoms with E-state index in [1.807, 2.05) is 38.1 Å². The van der Waals surface area contributed by atoms with E-state index in [2.05, 4.69) is 25.9 Å². The lowest BCUT2D eigenvalue weighted by atomic mass is 9.89. The lowest BCUT2D eigenvalue weighted by Crippen LogP contribution is -2.14. The molecule has 19 heavy (non-hydrogen) atoms. The second-order valence-electron chi connectivity index (χ2n) is 6.00. The van der Waals surface area contributed by atoms with Crippen molar-refractivity contribution in [2.45, 2.75) is 46.5 Å². The summed E-state index contributed by atoms with van der Waals surface area (Å²) in [5.41, 5.74) is 3.93. The summed E-state index contributed by atoms with van der Waals surface area (Å²) in [6, 6.07) is 8.01. The zero-order valence-electron chi connectivity index (χ0n) is 12.4. The van der Waals surface area contributed by atoms with Gasteiger partial charge in [-0.1, -0.05) is 45.4 Å². The minimum atomic E-state index is -0.0707. The van der Waals surface area contributed by atoms with Gasteiger partial charge in [-0.2, -0.15) is 5.10 Å². The fourth-order valence-corrected chi connectivity index (χ4v) is 2.24. The number of benzene rings is 1. The van der Waals surface area contributed by atoms with Gasteiger partial charge in [0.2, 0.25) is 5.88 Å². The Kier molecular flexibility index (Phi) is 3.40. The topological polar surface area (TPSA) is 38.0 Å². The van der Waals surface area contributed by atoms with Crippen LogP contribution in [0.3, 0.4) is 0 Å². The van der Waals surface area contributed by atoms with E-state index in [0.717, 1.165) is 23.4 Å². The van der Waals surface area contributed by atoms with Crippen LogP contribution in [0.5, 0.6) is 5.88 Å². The molecule has 3 heteroatoms. The van der Waals surface area contributed by atoms with Gasteiger partial charge in [0, 0.05) is 11.0 Å². The van der Waals surface area contributed by atoms with Crippen LogP contribution in [0.4, 0.5) is 0 Å². The number of hydrogen-bond acceptors (Lipinski definition) is 2. The van der Waals surface area contributed by atoms with Crippen molar-refractivity contribution in [2.75, 3.05) is 0 Å². The zero-order chi connectivity index (χ0) is 14.2. The van der Waals surface area contributed by atoms with Gasteiger partial charge in [0.1, 0.15) is 0 Å². The number of hydrogen-bond donors (Lipinski definition) is 1. The average Bonchev–Trinajstić information content (AvgIpc) is 2.67. The molecule has 0 aliphatic carbocycles. The van der Waals surface area contributed by atoms with Crippen molar-refractivity contribution in [2.24, 2.45) is 0 Å². The lowest BCUT2D eigenvalue weighted by Gasteiger charge is -2.16. The minimum absolute atomic E-state index is 0.0707. The molecule has 0 saturated carbocycles. The maximum atomic E-state index is 10.4. The van der Waals surface area contributed by atoms with E-state index in [1.54, 1.807) is 4.68 Å². The first kappa shape index (κ1) is 13.7. The van der Waals surface area contributed by atoms with Gasteiger partial charge in [-0.05, 0) is 25.5 Å². The van der Waals surface area contributed by atoms with Gasteiger partial charge in [0.15, 0.2) is 0 Å². The highest BCUT2D eigenvalue weighted by Crippen LogP contribution is 2.32. The summed E-state index contributed by atoms with van der Waals surface area (Å²) in [6.45, 7) is 10.4. The summed E-state index contributed by atoms with van der Waals surface area (Å²) >= 11 is 0. The number of rotatable bonds is 2. The molecule has 2 aromatic rings. The molecule has 1 aromatic carbocycles. The first-order chi connectivity index (χ1) is 8.84. The third-order valence-corrected chi connectivity index (χ3v) is 3.30. The Morgan fingerprint density at radius 2 is 1.74 bits per heavy atom. The van der Waals surface area contributed by atoms with E-state index in [1.165, 1.54) is 5.56 Å². The molecular weight excluding hydrogens is 236 g/mol. The number of aryl methyl sites for hydroxylation is 1. The summed E-state index contributed by atoms with van der Waals surface area (Å²) < 4.78 is 1.64. The van der Waals surface area contributed by atoms with Crippen LogP contribution in [-0.2, 0) is 11.8 Å². The van der Waals surface area contributed by atoms with Crippen LogP contribution in [0.2, 0.25) is 0 Å². The molecule has 1 N–H and O–H groups in total. The maximum absolute atomic E-state index is 10.4. The van der Waals surface area contributed by atoms with Crippen LogP contribution >= 0.6 is 0 Å². The van der Waals surface area contributed by atoms with Crippen LogP contribution in [0.1, 0.15) is 44.5 Å². The van der Waals surface area contributed by atoms with Gasteiger partial charge in [-0.3, -0.25) is 0 Å². The van der Waals surface area contributed by atoms with Gasteiger partial charge < -0.3 is 5.11 Å². The minimum Gasteiger partial charge on any atom is -0.493 e. The molecule has 0 aliphatic heterocycles. The zero-order valence-corrected chi connectivity index (χ0v) is 12.4. The van der Waals surface area contributed by atoms with Crippen molar-refractivity contribution in [3.05, 3.63) is 41.1 Å². The number of aromatic nitrogens is 2. The predicted octanol–water partition coefficient (Wildman–Crippen LogP) is 3.75. The molecule has 0 amide bonds. The summed E-state index contributed by atoms with van der Waals surface area (Å²) in [4.78, 5) is 0. The smallest absolute Gasteiger partial charge is 0.217 e. The number of aromatic hydroxyl groups is 1. The molecule has 0 fully saturated rings. The first-order valence-electron chi connectivity index (χ1n) is 6.73. The molecule has 102 valence electrons. The van der Waals surface area contributed by atoms with Crippen LogP contribution in [0.25, 0.3) is 5.69 Å².